The molecule has 0 saturated carbocycles. The van der Waals surface area contributed by atoms with E-state index in [1.807, 2.05) is 43.3 Å². The monoisotopic (exact) mass is 471 g/mol. The molecule has 0 aliphatic carbocycles. The lowest BCUT2D eigenvalue weighted by molar-refractivity contribution is 0.0909. The molecule has 0 radical (unpaired) electrons. The van der Waals surface area contributed by atoms with Crippen LogP contribution in [0, 0.1) is 6.92 Å². The van der Waals surface area contributed by atoms with Crippen molar-refractivity contribution in [3.8, 4) is 0 Å². The number of nitrogens with one attached hydrogen (secondary N) is 1. The maximum atomic E-state index is 12.7. The second kappa shape index (κ2) is 10.6. The minimum atomic E-state index is 0.0194. The zero-order chi connectivity index (χ0) is 21.6. The van der Waals surface area contributed by atoms with Crippen molar-refractivity contribution in [1.82, 2.24) is 15.2 Å². The van der Waals surface area contributed by atoms with Gasteiger partial charge in [-0.15, -0.1) is 11.3 Å². The maximum absolute atomic E-state index is 12.7. The number of aryl methyl sites for hydroxylation is 1. The summed E-state index contributed by atoms with van der Waals surface area (Å²) >= 11 is 9.38. The molecular weight excluding hydrogens is 446 g/mol. The number of halogens is 1. The fourth-order valence-corrected chi connectivity index (χ4v) is 5.58. The van der Waals surface area contributed by atoms with E-state index in [0.29, 0.717) is 0 Å². The van der Waals surface area contributed by atoms with Crippen molar-refractivity contribution in [2.45, 2.75) is 42.4 Å². The summed E-state index contributed by atoms with van der Waals surface area (Å²) in [6.45, 7) is 4.91. The number of hydrogen-bond acceptors (Lipinski definition) is 5. The number of nitrogens with zero attached hydrogens (tertiary/aromatic N) is 2. The number of likely N-dealkylation sites (tertiary alicyclic amines) is 1. The lowest BCUT2D eigenvalue weighted by atomic mass is 10.0. The first kappa shape index (κ1) is 22.3. The highest BCUT2D eigenvalue weighted by Crippen LogP contribution is 2.26. The van der Waals surface area contributed by atoms with Crippen LogP contribution < -0.4 is 5.32 Å². The van der Waals surface area contributed by atoms with Gasteiger partial charge in [-0.1, -0.05) is 47.6 Å². The molecule has 1 N–H and O–H groups in total. The van der Waals surface area contributed by atoms with E-state index in [-0.39, 0.29) is 11.9 Å². The summed E-state index contributed by atoms with van der Waals surface area (Å²) in [4.78, 5) is 19.6. The number of carbonyl (C=O) groups is 1. The molecule has 4 nitrogen and oxygen atoms in total. The number of aromatic nitrogens is 1. The largest absolute Gasteiger partial charge is 0.349 e. The van der Waals surface area contributed by atoms with E-state index >= 15 is 0 Å². The fraction of sp³-hybridized carbons (Fsp3) is 0.333. The maximum Gasteiger partial charge on any atom is 0.251 e. The first-order valence-corrected chi connectivity index (χ1v) is 12.7. The topological polar surface area (TPSA) is 45.2 Å². The summed E-state index contributed by atoms with van der Waals surface area (Å²) in [5.74, 6) is 0.881. The molecule has 1 fully saturated rings. The van der Waals surface area contributed by atoms with Crippen LogP contribution in [0.1, 0.15) is 40.0 Å². The van der Waals surface area contributed by atoms with Crippen LogP contribution in [0.5, 0.6) is 0 Å². The minimum Gasteiger partial charge on any atom is -0.349 e. The third-order valence-corrected chi connectivity index (χ3v) is 7.88. The van der Waals surface area contributed by atoms with Crippen molar-refractivity contribution in [1.29, 1.82) is 0 Å². The van der Waals surface area contributed by atoms with Crippen LogP contribution in [0.3, 0.4) is 0 Å². The Labute approximate surface area is 197 Å². The quantitative estimate of drug-likeness (QED) is 0.443. The van der Waals surface area contributed by atoms with Crippen LogP contribution in [0.2, 0.25) is 5.02 Å². The number of benzene rings is 2. The molecule has 4 rings (SSSR count). The van der Waals surface area contributed by atoms with Gasteiger partial charge < -0.3 is 5.32 Å². The molecule has 1 aromatic heterocycles. The molecule has 0 atom stereocenters. The van der Waals surface area contributed by atoms with Crippen molar-refractivity contribution >= 4 is 40.6 Å². The number of thiazole rings is 1. The van der Waals surface area contributed by atoms with Gasteiger partial charge in [-0.3, -0.25) is 9.69 Å². The SMILES string of the molecule is Cc1csc(SCc2ccc(C(=O)NC3CCN(Cc4ccc(Cl)cc4)CC3)cc2)n1. The highest BCUT2D eigenvalue weighted by molar-refractivity contribution is 8.00. The second-order valence-electron chi connectivity index (χ2n) is 7.89. The summed E-state index contributed by atoms with van der Waals surface area (Å²) in [5, 5.41) is 6.05. The molecule has 3 aromatic rings. The molecule has 2 heterocycles. The predicted octanol–water partition coefficient (Wildman–Crippen LogP) is 5.79. The third-order valence-electron chi connectivity index (χ3n) is 5.42. The van der Waals surface area contributed by atoms with Crippen molar-refractivity contribution in [2.24, 2.45) is 0 Å². The van der Waals surface area contributed by atoms with Gasteiger partial charge in [0.2, 0.25) is 0 Å². The molecule has 0 unspecified atom stereocenters. The first-order valence-electron chi connectivity index (χ1n) is 10.5. The van der Waals surface area contributed by atoms with E-state index in [0.717, 1.165) is 58.8 Å². The molecule has 1 aliphatic rings. The lowest BCUT2D eigenvalue weighted by Gasteiger charge is -2.32. The van der Waals surface area contributed by atoms with Gasteiger partial charge in [0.15, 0.2) is 0 Å². The smallest absolute Gasteiger partial charge is 0.251 e. The summed E-state index contributed by atoms with van der Waals surface area (Å²) in [7, 11) is 0. The van der Waals surface area contributed by atoms with Crippen molar-refractivity contribution in [3.05, 3.63) is 81.3 Å². The molecular formula is C24H26ClN3OS2. The van der Waals surface area contributed by atoms with Gasteiger partial charge in [0, 0.05) is 53.1 Å². The van der Waals surface area contributed by atoms with E-state index in [9.17, 15) is 4.79 Å². The first-order chi connectivity index (χ1) is 15.0. The molecule has 162 valence electrons. The average molecular weight is 472 g/mol. The van der Waals surface area contributed by atoms with Gasteiger partial charge in [0.1, 0.15) is 4.34 Å². The van der Waals surface area contributed by atoms with E-state index < -0.39 is 0 Å². The fourth-order valence-electron chi connectivity index (χ4n) is 3.65. The van der Waals surface area contributed by atoms with E-state index in [2.05, 4.69) is 32.7 Å². The molecule has 1 amide bonds. The minimum absolute atomic E-state index is 0.0194. The highest BCUT2D eigenvalue weighted by atomic mass is 35.5. The summed E-state index contributed by atoms with van der Waals surface area (Å²) in [5.41, 5.74) is 4.26. The van der Waals surface area contributed by atoms with E-state index in [4.69, 9.17) is 11.6 Å². The molecule has 1 aliphatic heterocycles. The zero-order valence-corrected chi connectivity index (χ0v) is 19.9. The predicted molar refractivity (Wildman–Crippen MR) is 130 cm³/mol. The van der Waals surface area contributed by atoms with Gasteiger partial charge in [-0.05, 0) is 55.2 Å². The van der Waals surface area contributed by atoms with Crippen LogP contribution in [0.25, 0.3) is 0 Å². The Bertz CT molecular complexity index is 996. The highest BCUT2D eigenvalue weighted by Gasteiger charge is 2.21. The number of amides is 1. The molecule has 2 aromatic carbocycles. The Morgan fingerprint density at radius 1 is 1.13 bits per heavy atom. The molecule has 7 heteroatoms. The Hall–Kier alpha value is -1.86. The van der Waals surface area contributed by atoms with E-state index in [1.165, 1.54) is 11.1 Å². The number of carbonyl (C=O) groups excluding carboxylic acids is 1. The molecule has 1 saturated heterocycles. The average Bonchev–Trinajstić information content (AvgIpc) is 3.21. The standard InChI is InChI=1S/C24H26ClN3OS2/c1-17-15-30-24(26-17)31-16-19-2-6-20(7-3-19)23(29)27-22-10-12-28(13-11-22)14-18-4-8-21(25)9-5-18/h2-9,15,22H,10-14,16H2,1H3,(H,27,29). The molecule has 0 spiro atoms. The number of rotatable bonds is 7. The van der Waals surface area contributed by atoms with Crippen molar-refractivity contribution in [2.75, 3.05) is 13.1 Å². The van der Waals surface area contributed by atoms with Gasteiger partial charge in [-0.2, -0.15) is 0 Å². The number of thioether (sulfide) groups is 1. The van der Waals surface area contributed by atoms with Gasteiger partial charge >= 0.3 is 0 Å². The lowest BCUT2D eigenvalue weighted by Crippen LogP contribution is -2.44. The number of piperidine rings is 1. The van der Waals surface area contributed by atoms with Crippen molar-refractivity contribution < 1.29 is 4.79 Å². The van der Waals surface area contributed by atoms with Gasteiger partial charge in [0.05, 0.1) is 0 Å². The van der Waals surface area contributed by atoms with Gasteiger partial charge in [-0.25, -0.2) is 4.98 Å². The Kier molecular flexibility index (Phi) is 7.67. The Balaban J connectivity index is 1.21. The van der Waals surface area contributed by atoms with Crippen LogP contribution in [0.4, 0.5) is 0 Å². The number of hydrogen-bond donors (Lipinski definition) is 1. The zero-order valence-electron chi connectivity index (χ0n) is 17.5. The van der Waals surface area contributed by atoms with Crippen LogP contribution >= 0.6 is 34.7 Å². The van der Waals surface area contributed by atoms with Crippen molar-refractivity contribution in [3.63, 3.8) is 0 Å². The van der Waals surface area contributed by atoms with Crippen LogP contribution in [-0.4, -0.2) is 34.9 Å². The Morgan fingerprint density at radius 2 is 1.81 bits per heavy atom. The van der Waals surface area contributed by atoms with Crippen LogP contribution in [0.15, 0.2) is 58.3 Å². The van der Waals surface area contributed by atoms with Crippen LogP contribution in [-0.2, 0) is 12.3 Å². The third kappa shape index (κ3) is 6.56. The van der Waals surface area contributed by atoms with Gasteiger partial charge in [0.25, 0.3) is 5.91 Å². The molecule has 0 bridgehead atoms. The normalized spacial score (nSPS) is 15.2. The summed E-state index contributed by atoms with van der Waals surface area (Å²) in [6, 6.07) is 16.2. The summed E-state index contributed by atoms with van der Waals surface area (Å²) < 4.78 is 1.08. The molecule has 31 heavy (non-hydrogen) atoms. The Morgan fingerprint density at radius 3 is 2.45 bits per heavy atom. The second-order valence-corrected chi connectivity index (χ2v) is 10.4. The van der Waals surface area contributed by atoms with E-state index in [1.54, 1.807) is 23.1 Å². The summed E-state index contributed by atoms with van der Waals surface area (Å²) in [6.07, 6.45) is 1.95.